The Kier molecular flexibility index (Phi) is 5.00. The van der Waals surface area contributed by atoms with E-state index in [1.807, 2.05) is 0 Å². The highest BCUT2D eigenvalue weighted by atomic mass is 32.2. The van der Waals surface area contributed by atoms with E-state index in [-0.39, 0.29) is 19.0 Å². The molecule has 0 aliphatic heterocycles. The SMILES string of the molecule is COCCS(=O)(=O)N(C)C(C)(C)CO. The van der Waals surface area contributed by atoms with Gasteiger partial charge in [-0.2, -0.15) is 4.31 Å². The van der Waals surface area contributed by atoms with Crippen LogP contribution in [0.1, 0.15) is 13.8 Å². The highest BCUT2D eigenvalue weighted by Crippen LogP contribution is 2.15. The predicted octanol–water partition coefficient (Wildman–Crippen LogP) is -0.335. The van der Waals surface area contributed by atoms with E-state index in [1.165, 1.54) is 18.5 Å². The van der Waals surface area contributed by atoms with Crippen LogP contribution in [0.5, 0.6) is 0 Å². The van der Waals surface area contributed by atoms with Crippen molar-refractivity contribution in [2.75, 3.05) is 33.1 Å². The van der Waals surface area contributed by atoms with Crippen molar-refractivity contribution in [3.63, 3.8) is 0 Å². The quantitative estimate of drug-likeness (QED) is 0.672. The lowest BCUT2D eigenvalue weighted by atomic mass is 10.1. The summed E-state index contributed by atoms with van der Waals surface area (Å²) in [4.78, 5) is 0. The Morgan fingerprint density at radius 2 is 1.93 bits per heavy atom. The van der Waals surface area contributed by atoms with Crippen molar-refractivity contribution in [3.8, 4) is 0 Å². The molecule has 5 nitrogen and oxygen atoms in total. The second kappa shape index (κ2) is 5.06. The summed E-state index contributed by atoms with van der Waals surface area (Å²) in [5, 5.41) is 9.02. The van der Waals surface area contributed by atoms with Gasteiger partial charge in [0.1, 0.15) is 0 Å². The molecule has 86 valence electrons. The first-order valence-corrected chi connectivity index (χ1v) is 5.95. The molecule has 0 aliphatic rings. The Morgan fingerprint density at radius 1 is 1.43 bits per heavy atom. The minimum absolute atomic E-state index is 0.0660. The molecule has 0 atom stereocenters. The maximum atomic E-state index is 11.6. The molecule has 6 heteroatoms. The van der Waals surface area contributed by atoms with E-state index in [0.29, 0.717) is 0 Å². The number of rotatable bonds is 6. The summed E-state index contributed by atoms with van der Waals surface area (Å²) in [5.41, 5.74) is -0.771. The zero-order chi connectivity index (χ0) is 11.4. The lowest BCUT2D eigenvalue weighted by Crippen LogP contribution is -2.48. The average molecular weight is 225 g/mol. The average Bonchev–Trinajstić information content (AvgIpc) is 2.13. The van der Waals surface area contributed by atoms with Crippen LogP contribution in [0, 0.1) is 0 Å². The van der Waals surface area contributed by atoms with Gasteiger partial charge in [-0.1, -0.05) is 0 Å². The van der Waals surface area contributed by atoms with E-state index in [2.05, 4.69) is 0 Å². The summed E-state index contributed by atoms with van der Waals surface area (Å²) >= 11 is 0. The van der Waals surface area contributed by atoms with Crippen molar-refractivity contribution in [2.45, 2.75) is 19.4 Å². The second-order valence-electron chi connectivity index (χ2n) is 3.75. The van der Waals surface area contributed by atoms with Gasteiger partial charge < -0.3 is 9.84 Å². The van der Waals surface area contributed by atoms with Gasteiger partial charge >= 0.3 is 0 Å². The molecule has 0 aromatic heterocycles. The van der Waals surface area contributed by atoms with E-state index in [4.69, 9.17) is 9.84 Å². The molecule has 0 saturated carbocycles. The number of sulfonamides is 1. The van der Waals surface area contributed by atoms with Crippen LogP contribution in [0.4, 0.5) is 0 Å². The summed E-state index contributed by atoms with van der Waals surface area (Å²) in [7, 11) is -0.433. The third-order valence-electron chi connectivity index (χ3n) is 2.20. The molecule has 0 bridgehead atoms. The minimum Gasteiger partial charge on any atom is -0.394 e. The lowest BCUT2D eigenvalue weighted by molar-refractivity contribution is 0.136. The molecular weight excluding hydrogens is 206 g/mol. The fraction of sp³-hybridized carbons (Fsp3) is 1.00. The van der Waals surface area contributed by atoms with Crippen LogP contribution in [0.25, 0.3) is 0 Å². The van der Waals surface area contributed by atoms with Gasteiger partial charge in [0.05, 0.1) is 24.5 Å². The Balaban J connectivity index is 4.59. The first kappa shape index (κ1) is 13.8. The van der Waals surface area contributed by atoms with Crippen LogP contribution < -0.4 is 0 Å². The fourth-order valence-corrected chi connectivity index (χ4v) is 2.26. The Hall–Kier alpha value is -0.170. The number of methoxy groups -OCH3 is 1. The highest BCUT2D eigenvalue weighted by molar-refractivity contribution is 7.89. The lowest BCUT2D eigenvalue weighted by Gasteiger charge is -2.32. The largest absolute Gasteiger partial charge is 0.394 e. The van der Waals surface area contributed by atoms with Crippen LogP contribution >= 0.6 is 0 Å². The molecule has 0 radical (unpaired) electrons. The van der Waals surface area contributed by atoms with Gasteiger partial charge in [0.15, 0.2) is 0 Å². The first-order valence-electron chi connectivity index (χ1n) is 4.34. The van der Waals surface area contributed by atoms with Crippen LogP contribution in [-0.4, -0.2) is 56.5 Å². The van der Waals surface area contributed by atoms with Crippen molar-refractivity contribution >= 4 is 10.0 Å². The molecule has 0 aromatic rings. The summed E-state index contributed by atoms with van der Waals surface area (Å²) in [6, 6.07) is 0. The molecule has 0 rings (SSSR count). The number of aliphatic hydroxyl groups is 1. The van der Waals surface area contributed by atoms with Crippen LogP contribution in [0.15, 0.2) is 0 Å². The molecule has 14 heavy (non-hydrogen) atoms. The number of aliphatic hydroxyl groups excluding tert-OH is 1. The van der Waals surface area contributed by atoms with Crippen molar-refractivity contribution in [3.05, 3.63) is 0 Å². The van der Waals surface area contributed by atoms with Gasteiger partial charge in [0.2, 0.25) is 10.0 Å². The number of likely N-dealkylation sites (N-methyl/N-ethyl adjacent to an activating group) is 1. The molecule has 0 spiro atoms. The molecule has 0 unspecified atom stereocenters. The number of hydrogen-bond acceptors (Lipinski definition) is 4. The first-order chi connectivity index (χ1) is 6.28. The number of ether oxygens (including phenoxy) is 1. The molecule has 0 saturated heterocycles. The Labute approximate surface area is 85.7 Å². The van der Waals surface area contributed by atoms with Crippen LogP contribution in [-0.2, 0) is 14.8 Å². The molecular formula is C8H19NO4S. The summed E-state index contributed by atoms with van der Waals surface area (Å²) in [5.74, 6) is -0.0660. The third kappa shape index (κ3) is 3.53. The topological polar surface area (TPSA) is 66.8 Å². The van der Waals surface area contributed by atoms with Gasteiger partial charge in [-0.05, 0) is 13.8 Å². The van der Waals surface area contributed by atoms with E-state index in [1.54, 1.807) is 13.8 Å². The van der Waals surface area contributed by atoms with Crippen molar-refractivity contribution in [1.82, 2.24) is 4.31 Å². The monoisotopic (exact) mass is 225 g/mol. The summed E-state index contributed by atoms with van der Waals surface area (Å²) in [6.45, 7) is 3.28. The molecule has 0 aromatic carbocycles. The fourth-order valence-electron chi connectivity index (χ4n) is 0.802. The Bertz CT molecular complexity index is 261. The third-order valence-corrected chi connectivity index (χ3v) is 4.21. The molecule has 0 heterocycles. The van der Waals surface area contributed by atoms with Gasteiger partial charge in [0, 0.05) is 14.2 Å². The zero-order valence-electron chi connectivity index (χ0n) is 9.15. The molecule has 1 N–H and O–H groups in total. The zero-order valence-corrected chi connectivity index (χ0v) is 9.97. The van der Waals surface area contributed by atoms with Gasteiger partial charge in [-0.3, -0.25) is 0 Å². The van der Waals surface area contributed by atoms with Crippen molar-refractivity contribution < 1.29 is 18.3 Å². The standard InChI is InChI=1S/C8H19NO4S/c1-8(2,7-10)9(3)14(11,12)6-5-13-4/h10H,5-7H2,1-4H3. The smallest absolute Gasteiger partial charge is 0.216 e. The number of nitrogens with zero attached hydrogens (tertiary/aromatic N) is 1. The second-order valence-corrected chi connectivity index (χ2v) is 5.87. The van der Waals surface area contributed by atoms with Crippen LogP contribution in [0.3, 0.4) is 0 Å². The number of hydrogen-bond donors (Lipinski definition) is 1. The van der Waals surface area contributed by atoms with E-state index in [9.17, 15) is 8.42 Å². The van der Waals surface area contributed by atoms with Gasteiger partial charge in [0.25, 0.3) is 0 Å². The molecule has 0 amide bonds. The van der Waals surface area contributed by atoms with Gasteiger partial charge in [-0.25, -0.2) is 8.42 Å². The van der Waals surface area contributed by atoms with E-state index < -0.39 is 15.6 Å². The van der Waals surface area contributed by atoms with Gasteiger partial charge in [-0.15, -0.1) is 0 Å². The molecule has 0 fully saturated rings. The molecule has 0 aliphatic carbocycles. The maximum absolute atomic E-state index is 11.6. The normalized spacial score (nSPS) is 13.6. The van der Waals surface area contributed by atoms with E-state index in [0.717, 1.165) is 0 Å². The predicted molar refractivity (Wildman–Crippen MR) is 54.6 cm³/mol. The van der Waals surface area contributed by atoms with Crippen LogP contribution in [0.2, 0.25) is 0 Å². The van der Waals surface area contributed by atoms with Crippen molar-refractivity contribution in [1.29, 1.82) is 0 Å². The minimum atomic E-state index is -3.34. The Morgan fingerprint density at radius 3 is 2.29 bits per heavy atom. The van der Waals surface area contributed by atoms with Crippen molar-refractivity contribution in [2.24, 2.45) is 0 Å². The van der Waals surface area contributed by atoms with E-state index >= 15 is 0 Å². The summed E-state index contributed by atoms with van der Waals surface area (Å²) in [6.07, 6.45) is 0. The summed E-state index contributed by atoms with van der Waals surface area (Å²) < 4.78 is 29.1. The highest BCUT2D eigenvalue weighted by Gasteiger charge is 2.31. The maximum Gasteiger partial charge on any atom is 0.216 e.